The minimum absolute atomic E-state index is 0.187. The molecule has 0 saturated heterocycles. The lowest BCUT2D eigenvalue weighted by Crippen LogP contribution is -2.15. The molecular formula is C11H9BrFN3O2S. The molecule has 1 N–H and O–H groups in total. The van der Waals surface area contributed by atoms with Gasteiger partial charge in [0, 0.05) is 16.9 Å². The van der Waals surface area contributed by atoms with E-state index in [4.69, 9.17) is 0 Å². The Hall–Kier alpha value is -1.54. The van der Waals surface area contributed by atoms with E-state index in [-0.39, 0.29) is 10.7 Å². The normalized spacial score (nSPS) is 11.3. The van der Waals surface area contributed by atoms with Gasteiger partial charge in [-0.05, 0) is 40.5 Å². The van der Waals surface area contributed by atoms with E-state index in [0.29, 0.717) is 5.56 Å². The van der Waals surface area contributed by atoms with Crippen molar-refractivity contribution in [1.82, 2.24) is 9.97 Å². The summed E-state index contributed by atoms with van der Waals surface area (Å²) in [6.07, 6.45) is 3.47. The molecule has 0 bridgehead atoms. The summed E-state index contributed by atoms with van der Waals surface area (Å²) in [7, 11) is -3.90. The number of sulfonamides is 1. The summed E-state index contributed by atoms with van der Waals surface area (Å²) < 4.78 is 40.1. The summed E-state index contributed by atoms with van der Waals surface area (Å²) in [6, 6.07) is 2.61. The van der Waals surface area contributed by atoms with E-state index in [0.717, 1.165) is 22.9 Å². The van der Waals surface area contributed by atoms with E-state index in [1.807, 2.05) is 0 Å². The van der Waals surface area contributed by atoms with Gasteiger partial charge in [0.15, 0.2) is 0 Å². The van der Waals surface area contributed by atoms with E-state index in [1.54, 1.807) is 13.0 Å². The molecule has 2 heterocycles. The van der Waals surface area contributed by atoms with Crippen LogP contribution in [0.5, 0.6) is 0 Å². The first-order chi connectivity index (χ1) is 8.88. The maximum atomic E-state index is 13.0. The highest BCUT2D eigenvalue weighted by atomic mass is 79.9. The monoisotopic (exact) mass is 345 g/mol. The van der Waals surface area contributed by atoms with E-state index in [1.165, 1.54) is 6.20 Å². The van der Waals surface area contributed by atoms with Crippen molar-refractivity contribution < 1.29 is 12.8 Å². The highest BCUT2D eigenvalue weighted by Crippen LogP contribution is 2.20. The van der Waals surface area contributed by atoms with Gasteiger partial charge >= 0.3 is 0 Å². The van der Waals surface area contributed by atoms with Crippen LogP contribution in [0.1, 0.15) is 5.56 Å². The Morgan fingerprint density at radius 3 is 2.63 bits per heavy atom. The largest absolute Gasteiger partial charge is 0.264 e. The van der Waals surface area contributed by atoms with E-state index in [2.05, 4.69) is 30.6 Å². The maximum Gasteiger partial charge on any atom is 0.264 e. The number of aryl methyl sites for hydroxylation is 1. The van der Waals surface area contributed by atoms with Gasteiger partial charge in [-0.3, -0.25) is 9.71 Å². The van der Waals surface area contributed by atoms with Crippen LogP contribution in [0.25, 0.3) is 0 Å². The third kappa shape index (κ3) is 3.27. The first kappa shape index (κ1) is 13.9. The zero-order valence-corrected chi connectivity index (χ0v) is 12.2. The van der Waals surface area contributed by atoms with E-state index >= 15 is 0 Å². The Labute approximate surface area is 118 Å². The van der Waals surface area contributed by atoms with Gasteiger partial charge < -0.3 is 0 Å². The zero-order valence-electron chi connectivity index (χ0n) is 9.76. The number of halogens is 2. The van der Waals surface area contributed by atoms with Crippen LogP contribution < -0.4 is 4.72 Å². The average molecular weight is 346 g/mol. The molecule has 0 fully saturated rings. The van der Waals surface area contributed by atoms with Crippen LogP contribution in [0.4, 0.5) is 10.2 Å². The number of nitrogens with one attached hydrogen (secondary N) is 1. The SMILES string of the molecule is Cc1cc(Br)cnc1NS(=O)(=O)c1cncc(F)c1. The smallest absolute Gasteiger partial charge is 0.263 e. The highest BCUT2D eigenvalue weighted by Gasteiger charge is 2.17. The van der Waals surface area contributed by atoms with Gasteiger partial charge in [-0.25, -0.2) is 17.8 Å². The van der Waals surface area contributed by atoms with Crippen LogP contribution in [0.15, 0.2) is 40.1 Å². The molecule has 2 aromatic heterocycles. The lowest BCUT2D eigenvalue weighted by molar-refractivity contribution is 0.592. The Bertz CT molecular complexity index is 722. The second-order valence-electron chi connectivity index (χ2n) is 3.76. The van der Waals surface area contributed by atoms with Crippen LogP contribution in [-0.2, 0) is 10.0 Å². The number of hydrogen-bond donors (Lipinski definition) is 1. The molecular weight excluding hydrogens is 337 g/mol. The molecule has 8 heteroatoms. The van der Waals surface area contributed by atoms with Gasteiger partial charge in [-0.1, -0.05) is 0 Å². The van der Waals surface area contributed by atoms with E-state index in [9.17, 15) is 12.8 Å². The number of anilines is 1. The highest BCUT2D eigenvalue weighted by molar-refractivity contribution is 9.10. The molecule has 0 saturated carbocycles. The van der Waals surface area contributed by atoms with Crippen molar-refractivity contribution in [3.63, 3.8) is 0 Å². The van der Waals surface area contributed by atoms with Crippen molar-refractivity contribution in [2.24, 2.45) is 0 Å². The van der Waals surface area contributed by atoms with Gasteiger partial charge in [0.05, 0.1) is 6.20 Å². The van der Waals surface area contributed by atoms with Gasteiger partial charge in [0.1, 0.15) is 16.5 Å². The summed E-state index contributed by atoms with van der Waals surface area (Å²) >= 11 is 3.23. The van der Waals surface area contributed by atoms with E-state index < -0.39 is 15.8 Å². The Morgan fingerprint density at radius 1 is 1.26 bits per heavy atom. The third-order valence-electron chi connectivity index (χ3n) is 2.27. The second kappa shape index (κ2) is 5.22. The lowest BCUT2D eigenvalue weighted by atomic mass is 10.3. The van der Waals surface area contributed by atoms with Crippen molar-refractivity contribution in [2.45, 2.75) is 11.8 Å². The number of aromatic nitrogens is 2. The Kier molecular flexibility index (Phi) is 3.81. The second-order valence-corrected chi connectivity index (χ2v) is 6.36. The molecule has 0 unspecified atom stereocenters. The fraction of sp³-hybridized carbons (Fsp3) is 0.0909. The summed E-state index contributed by atoms with van der Waals surface area (Å²) in [5, 5.41) is 0. The standard InChI is InChI=1S/C11H9BrFN3O2S/c1-7-2-8(12)4-15-11(7)16-19(17,18)10-3-9(13)5-14-6-10/h2-6H,1H3,(H,15,16). The number of nitrogens with zero attached hydrogens (tertiary/aromatic N) is 2. The van der Waals surface area contributed by atoms with Crippen LogP contribution in [0.2, 0.25) is 0 Å². The number of hydrogen-bond acceptors (Lipinski definition) is 4. The van der Waals surface area contributed by atoms with Gasteiger partial charge in [-0.2, -0.15) is 0 Å². The molecule has 0 radical (unpaired) electrons. The van der Waals surface area contributed by atoms with Crippen LogP contribution in [0, 0.1) is 12.7 Å². The van der Waals surface area contributed by atoms with Crippen LogP contribution in [-0.4, -0.2) is 18.4 Å². The molecule has 0 aliphatic carbocycles. The molecule has 0 spiro atoms. The molecule has 100 valence electrons. The Morgan fingerprint density at radius 2 is 2.00 bits per heavy atom. The van der Waals surface area contributed by atoms with Gasteiger partial charge in [0.2, 0.25) is 0 Å². The molecule has 0 amide bonds. The molecule has 0 atom stereocenters. The van der Waals surface area contributed by atoms with Crippen molar-refractivity contribution >= 4 is 31.8 Å². The Balaban J connectivity index is 2.36. The molecule has 0 aliphatic heterocycles. The van der Waals surface area contributed by atoms with Gasteiger partial charge in [0.25, 0.3) is 10.0 Å². The fourth-order valence-corrected chi connectivity index (χ4v) is 2.87. The summed E-state index contributed by atoms with van der Waals surface area (Å²) in [5.74, 6) is -0.532. The maximum absolute atomic E-state index is 13.0. The summed E-state index contributed by atoms with van der Waals surface area (Å²) in [6.45, 7) is 1.71. The van der Waals surface area contributed by atoms with Crippen LogP contribution in [0.3, 0.4) is 0 Å². The summed E-state index contributed by atoms with van der Waals surface area (Å²) in [5.41, 5.74) is 0.641. The predicted molar refractivity (Wildman–Crippen MR) is 71.7 cm³/mol. The topological polar surface area (TPSA) is 72.0 Å². The molecule has 5 nitrogen and oxygen atoms in total. The molecule has 0 aromatic carbocycles. The number of rotatable bonds is 3. The first-order valence-electron chi connectivity index (χ1n) is 5.14. The molecule has 19 heavy (non-hydrogen) atoms. The quantitative estimate of drug-likeness (QED) is 0.927. The first-order valence-corrected chi connectivity index (χ1v) is 7.41. The zero-order chi connectivity index (χ0) is 14.0. The summed E-state index contributed by atoms with van der Waals surface area (Å²) in [4.78, 5) is 7.21. The predicted octanol–water partition coefficient (Wildman–Crippen LogP) is 2.49. The van der Waals surface area contributed by atoms with Crippen molar-refractivity contribution in [3.05, 3.63) is 46.6 Å². The minimum atomic E-state index is -3.90. The molecule has 2 aromatic rings. The fourth-order valence-electron chi connectivity index (χ4n) is 1.37. The van der Waals surface area contributed by atoms with Crippen molar-refractivity contribution in [1.29, 1.82) is 0 Å². The lowest BCUT2D eigenvalue weighted by Gasteiger charge is -2.09. The van der Waals surface area contributed by atoms with Crippen molar-refractivity contribution in [2.75, 3.05) is 4.72 Å². The number of pyridine rings is 2. The van der Waals surface area contributed by atoms with Crippen molar-refractivity contribution in [3.8, 4) is 0 Å². The third-order valence-corrected chi connectivity index (χ3v) is 4.01. The van der Waals surface area contributed by atoms with Gasteiger partial charge in [-0.15, -0.1) is 0 Å². The van der Waals surface area contributed by atoms with Crippen LogP contribution >= 0.6 is 15.9 Å². The minimum Gasteiger partial charge on any atom is -0.263 e. The molecule has 0 aliphatic rings. The molecule has 2 rings (SSSR count). The average Bonchev–Trinajstić information content (AvgIpc) is 2.33.